The Kier molecular flexibility index (Phi) is 11.4. The first kappa shape index (κ1) is 14.2. The van der Waals surface area contributed by atoms with Gasteiger partial charge in [-0.2, -0.15) is 0 Å². The van der Waals surface area contributed by atoms with E-state index in [9.17, 15) is 4.79 Å². The summed E-state index contributed by atoms with van der Waals surface area (Å²) < 4.78 is 6.11. The molecule has 0 saturated carbocycles. The fourth-order valence-corrected chi connectivity index (χ4v) is 1.84. The van der Waals surface area contributed by atoms with Crippen molar-refractivity contribution >= 4 is 28.6 Å². The standard InChI is InChI=1S/C11H21IO2/c1-2-14-11(13)9-7-5-3-4-6-8-10-12/h2-10H2,1H3. The predicted octanol–water partition coefficient (Wildman–Crippen LogP) is 3.72. The summed E-state index contributed by atoms with van der Waals surface area (Å²) in [5, 5.41) is 0. The smallest absolute Gasteiger partial charge is 0.305 e. The molecule has 0 amide bonds. The molecule has 0 aromatic rings. The largest absolute Gasteiger partial charge is 0.466 e. The zero-order valence-electron chi connectivity index (χ0n) is 9.06. The quantitative estimate of drug-likeness (QED) is 0.281. The molecular formula is C11H21IO2. The second-order valence-corrected chi connectivity index (χ2v) is 4.44. The van der Waals surface area contributed by atoms with E-state index in [1.807, 2.05) is 6.92 Å². The molecule has 0 rings (SSSR count). The average Bonchev–Trinajstić information content (AvgIpc) is 2.17. The molecule has 2 nitrogen and oxygen atoms in total. The first-order chi connectivity index (χ1) is 6.81. The van der Waals surface area contributed by atoms with Gasteiger partial charge in [0.05, 0.1) is 6.61 Å². The van der Waals surface area contributed by atoms with E-state index in [2.05, 4.69) is 22.6 Å². The number of esters is 1. The SMILES string of the molecule is CCOC(=O)CCCCCCCCI. The van der Waals surface area contributed by atoms with Gasteiger partial charge >= 0.3 is 5.97 Å². The molecule has 0 heterocycles. The summed E-state index contributed by atoms with van der Waals surface area (Å²) >= 11 is 2.41. The van der Waals surface area contributed by atoms with Crippen molar-refractivity contribution < 1.29 is 9.53 Å². The van der Waals surface area contributed by atoms with E-state index >= 15 is 0 Å². The van der Waals surface area contributed by atoms with Crippen molar-refractivity contribution in [3.63, 3.8) is 0 Å². The number of carbonyl (C=O) groups excluding carboxylic acids is 1. The molecule has 14 heavy (non-hydrogen) atoms. The van der Waals surface area contributed by atoms with Crippen molar-refractivity contribution in [2.24, 2.45) is 0 Å². The Labute approximate surface area is 101 Å². The maximum Gasteiger partial charge on any atom is 0.305 e. The number of hydrogen-bond donors (Lipinski definition) is 0. The van der Waals surface area contributed by atoms with Crippen LogP contribution in [0, 0.1) is 0 Å². The summed E-state index contributed by atoms with van der Waals surface area (Å²) in [4.78, 5) is 11.0. The van der Waals surface area contributed by atoms with Crippen LogP contribution >= 0.6 is 22.6 Å². The fourth-order valence-electron chi connectivity index (χ4n) is 1.30. The number of hydrogen-bond acceptors (Lipinski definition) is 2. The minimum Gasteiger partial charge on any atom is -0.466 e. The predicted molar refractivity (Wildman–Crippen MR) is 67.8 cm³/mol. The van der Waals surface area contributed by atoms with Gasteiger partial charge in [0.15, 0.2) is 0 Å². The molecule has 0 aromatic carbocycles. The van der Waals surface area contributed by atoms with Gasteiger partial charge in [-0.1, -0.05) is 48.3 Å². The molecule has 0 N–H and O–H groups in total. The van der Waals surface area contributed by atoms with E-state index in [1.165, 1.54) is 36.5 Å². The van der Waals surface area contributed by atoms with Gasteiger partial charge in [-0.05, 0) is 24.2 Å². The Bertz CT molecular complexity index is 137. The third-order valence-electron chi connectivity index (χ3n) is 2.07. The minimum atomic E-state index is -0.0419. The Balaban J connectivity index is 3.01. The van der Waals surface area contributed by atoms with Crippen LogP contribution in [0.15, 0.2) is 0 Å². The van der Waals surface area contributed by atoms with Gasteiger partial charge in [-0.15, -0.1) is 0 Å². The van der Waals surface area contributed by atoms with E-state index < -0.39 is 0 Å². The van der Waals surface area contributed by atoms with Crippen molar-refractivity contribution in [2.75, 3.05) is 11.0 Å². The minimum absolute atomic E-state index is 0.0419. The van der Waals surface area contributed by atoms with Crippen molar-refractivity contribution in [1.82, 2.24) is 0 Å². The molecule has 0 bridgehead atoms. The van der Waals surface area contributed by atoms with Crippen LogP contribution in [-0.4, -0.2) is 17.0 Å². The average molecular weight is 312 g/mol. The highest BCUT2D eigenvalue weighted by molar-refractivity contribution is 14.1. The highest BCUT2D eigenvalue weighted by Gasteiger charge is 2.00. The maximum absolute atomic E-state index is 11.0. The van der Waals surface area contributed by atoms with E-state index in [0.717, 1.165) is 6.42 Å². The number of carbonyl (C=O) groups is 1. The molecule has 3 heteroatoms. The van der Waals surface area contributed by atoms with E-state index in [4.69, 9.17) is 4.74 Å². The molecule has 0 aromatic heterocycles. The van der Waals surface area contributed by atoms with Crippen LogP contribution in [0.4, 0.5) is 0 Å². The van der Waals surface area contributed by atoms with Crippen LogP contribution in [0.3, 0.4) is 0 Å². The Morgan fingerprint density at radius 3 is 2.21 bits per heavy atom. The van der Waals surface area contributed by atoms with Crippen LogP contribution in [0.2, 0.25) is 0 Å². The van der Waals surface area contributed by atoms with Gasteiger partial charge in [-0.25, -0.2) is 0 Å². The van der Waals surface area contributed by atoms with E-state index in [-0.39, 0.29) is 5.97 Å². The number of unbranched alkanes of at least 4 members (excludes halogenated alkanes) is 5. The van der Waals surface area contributed by atoms with Crippen LogP contribution in [0.25, 0.3) is 0 Å². The molecule has 0 fully saturated rings. The summed E-state index contributed by atoms with van der Waals surface area (Å²) in [5.41, 5.74) is 0. The fraction of sp³-hybridized carbons (Fsp3) is 0.909. The van der Waals surface area contributed by atoms with E-state index in [1.54, 1.807) is 0 Å². The van der Waals surface area contributed by atoms with Gasteiger partial charge < -0.3 is 4.74 Å². The normalized spacial score (nSPS) is 10.1. The van der Waals surface area contributed by atoms with Gasteiger partial charge in [0.1, 0.15) is 0 Å². The van der Waals surface area contributed by atoms with Crippen molar-refractivity contribution in [1.29, 1.82) is 0 Å². The highest BCUT2D eigenvalue weighted by atomic mass is 127. The van der Waals surface area contributed by atoms with E-state index in [0.29, 0.717) is 13.0 Å². The summed E-state index contributed by atoms with van der Waals surface area (Å²) in [6, 6.07) is 0. The number of halogens is 1. The van der Waals surface area contributed by atoms with Gasteiger partial charge in [0.25, 0.3) is 0 Å². The summed E-state index contributed by atoms with van der Waals surface area (Å²) in [6.07, 6.45) is 7.99. The Hall–Kier alpha value is 0.200. The lowest BCUT2D eigenvalue weighted by atomic mass is 10.1. The lowest BCUT2D eigenvalue weighted by Gasteiger charge is -2.01. The van der Waals surface area contributed by atoms with Crippen LogP contribution in [-0.2, 0) is 9.53 Å². The first-order valence-corrected chi connectivity index (χ1v) is 7.05. The second kappa shape index (κ2) is 11.3. The molecule has 0 unspecified atom stereocenters. The lowest BCUT2D eigenvalue weighted by Crippen LogP contribution is -2.03. The van der Waals surface area contributed by atoms with Crippen molar-refractivity contribution in [3.05, 3.63) is 0 Å². The van der Waals surface area contributed by atoms with Crippen LogP contribution in [0.1, 0.15) is 51.9 Å². The zero-order valence-corrected chi connectivity index (χ0v) is 11.2. The number of alkyl halides is 1. The molecule has 0 aliphatic rings. The van der Waals surface area contributed by atoms with Gasteiger partial charge in [0.2, 0.25) is 0 Å². The highest BCUT2D eigenvalue weighted by Crippen LogP contribution is 2.08. The Morgan fingerprint density at radius 1 is 1.07 bits per heavy atom. The maximum atomic E-state index is 11.0. The molecule has 84 valence electrons. The zero-order chi connectivity index (χ0) is 10.6. The topological polar surface area (TPSA) is 26.3 Å². The number of rotatable bonds is 9. The lowest BCUT2D eigenvalue weighted by molar-refractivity contribution is -0.143. The summed E-state index contributed by atoms with van der Waals surface area (Å²) in [7, 11) is 0. The van der Waals surface area contributed by atoms with Gasteiger partial charge in [-0.3, -0.25) is 4.79 Å². The molecule has 0 aliphatic carbocycles. The third kappa shape index (κ3) is 10.3. The van der Waals surface area contributed by atoms with Crippen molar-refractivity contribution in [2.45, 2.75) is 51.9 Å². The third-order valence-corrected chi connectivity index (χ3v) is 2.83. The summed E-state index contributed by atoms with van der Waals surface area (Å²) in [6.45, 7) is 2.36. The molecule has 0 spiro atoms. The monoisotopic (exact) mass is 312 g/mol. The summed E-state index contributed by atoms with van der Waals surface area (Å²) in [5.74, 6) is -0.0419. The first-order valence-electron chi connectivity index (χ1n) is 5.52. The van der Waals surface area contributed by atoms with Crippen LogP contribution < -0.4 is 0 Å². The number of ether oxygens (including phenoxy) is 1. The second-order valence-electron chi connectivity index (χ2n) is 3.37. The molecular weight excluding hydrogens is 291 g/mol. The van der Waals surface area contributed by atoms with Crippen molar-refractivity contribution in [3.8, 4) is 0 Å². The molecule has 0 aliphatic heterocycles. The molecule has 0 radical (unpaired) electrons. The van der Waals surface area contributed by atoms with Crippen LogP contribution in [0.5, 0.6) is 0 Å². The molecule has 0 atom stereocenters. The molecule has 0 saturated heterocycles. The van der Waals surface area contributed by atoms with Gasteiger partial charge in [0, 0.05) is 6.42 Å². The Morgan fingerprint density at radius 2 is 1.64 bits per heavy atom.